The van der Waals surface area contributed by atoms with Crippen molar-refractivity contribution in [1.82, 2.24) is 0 Å². The van der Waals surface area contributed by atoms with Crippen molar-refractivity contribution in [2.45, 2.75) is 19.4 Å². The summed E-state index contributed by atoms with van der Waals surface area (Å²) in [6, 6.07) is 12.4. The highest BCUT2D eigenvalue weighted by molar-refractivity contribution is 6.31. The van der Waals surface area contributed by atoms with Crippen LogP contribution in [0.3, 0.4) is 0 Å². The monoisotopic (exact) mass is 293 g/mol. The second kappa shape index (κ2) is 7.27. The van der Waals surface area contributed by atoms with Gasteiger partial charge in [0.2, 0.25) is 0 Å². The number of rotatable bonds is 6. The lowest BCUT2D eigenvalue weighted by atomic mass is 10.1. The van der Waals surface area contributed by atoms with Crippen molar-refractivity contribution in [3.05, 3.63) is 64.4 Å². The van der Waals surface area contributed by atoms with Crippen LogP contribution in [0.1, 0.15) is 17.5 Å². The number of aryl methyl sites for hydroxylation is 1. The maximum atomic E-state index is 13.6. The third-order valence-electron chi connectivity index (χ3n) is 3.01. The van der Waals surface area contributed by atoms with Gasteiger partial charge >= 0.3 is 0 Å². The Bertz CT molecular complexity index is 554. The van der Waals surface area contributed by atoms with Crippen molar-refractivity contribution in [2.75, 3.05) is 6.54 Å². The van der Waals surface area contributed by atoms with E-state index in [0.29, 0.717) is 22.9 Å². The number of nitrogens with two attached hydrogens (primary N) is 1. The molecule has 0 aromatic heterocycles. The van der Waals surface area contributed by atoms with Crippen LogP contribution in [-0.4, -0.2) is 6.54 Å². The Morgan fingerprint density at radius 3 is 2.70 bits per heavy atom. The van der Waals surface area contributed by atoms with Gasteiger partial charge in [-0.3, -0.25) is 0 Å². The Kier molecular flexibility index (Phi) is 5.39. The van der Waals surface area contributed by atoms with Crippen LogP contribution in [0.4, 0.5) is 4.39 Å². The summed E-state index contributed by atoms with van der Waals surface area (Å²) < 4.78 is 19.2. The molecule has 0 fully saturated rings. The fourth-order valence-electron chi connectivity index (χ4n) is 1.92. The topological polar surface area (TPSA) is 35.2 Å². The van der Waals surface area contributed by atoms with Crippen molar-refractivity contribution >= 4 is 11.6 Å². The van der Waals surface area contributed by atoms with E-state index in [2.05, 4.69) is 0 Å². The van der Waals surface area contributed by atoms with Gasteiger partial charge in [0, 0.05) is 5.56 Å². The third kappa shape index (κ3) is 3.95. The number of hydrogen-bond acceptors (Lipinski definition) is 2. The molecule has 0 heterocycles. The summed E-state index contributed by atoms with van der Waals surface area (Å²) in [6.07, 6.45) is 1.84. The van der Waals surface area contributed by atoms with Crippen molar-refractivity contribution in [3.63, 3.8) is 0 Å². The fraction of sp³-hybridized carbons (Fsp3) is 0.250. The maximum Gasteiger partial charge on any atom is 0.131 e. The quantitative estimate of drug-likeness (QED) is 0.875. The van der Waals surface area contributed by atoms with E-state index in [0.717, 1.165) is 18.4 Å². The Labute approximate surface area is 123 Å². The predicted octanol–water partition coefficient (Wildman–Crippen LogP) is 3.95. The van der Waals surface area contributed by atoms with E-state index < -0.39 is 0 Å². The van der Waals surface area contributed by atoms with E-state index in [1.807, 2.05) is 24.3 Å². The highest BCUT2D eigenvalue weighted by atomic mass is 35.5. The van der Waals surface area contributed by atoms with Crippen molar-refractivity contribution in [2.24, 2.45) is 5.73 Å². The lowest BCUT2D eigenvalue weighted by Gasteiger charge is -2.10. The van der Waals surface area contributed by atoms with E-state index in [1.54, 1.807) is 12.1 Å². The molecule has 2 aromatic rings. The van der Waals surface area contributed by atoms with Gasteiger partial charge in [-0.1, -0.05) is 29.8 Å². The van der Waals surface area contributed by atoms with Gasteiger partial charge in [-0.15, -0.1) is 0 Å². The summed E-state index contributed by atoms with van der Waals surface area (Å²) in [5, 5.41) is 0.379. The molecule has 2 rings (SSSR count). The normalized spacial score (nSPS) is 10.6. The van der Waals surface area contributed by atoms with Crippen LogP contribution in [0.5, 0.6) is 5.75 Å². The van der Waals surface area contributed by atoms with E-state index >= 15 is 0 Å². The summed E-state index contributed by atoms with van der Waals surface area (Å²) in [5.41, 5.74) is 7.03. The SMILES string of the molecule is NCCCc1cccc(OCc2c(F)cccc2Cl)c1. The predicted molar refractivity (Wildman–Crippen MR) is 79.6 cm³/mol. The minimum atomic E-state index is -0.350. The molecule has 0 aliphatic carbocycles. The first-order valence-electron chi connectivity index (χ1n) is 6.55. The lowest BCUT2D eigenvalue weighted by Crippen LogP contribution is -2.01. The molecule has 0 radical (unpaired) electrons. The zero-order valence-corrected chi connectivity index (χ0v) is 11.9. The van der Waals surface area contributed by atoms with Gasteiger partial charge in [0.25, 0.3) is 0 Å². The Morgan fingerprint density at radius 2 is 1.95 bits per heavy atom. The van der Waals surface area contributed by atoms with Crippen LogP contribution in [-0.2, 0) is 13.0 Å². The van der Waals surface area contributed by atoms with Gasteiger partial charge in [0.05, 0.1) is 5.02 Å². The third-order valence-corrected chi connectivity index (χ3v) is 3.37. The van der Waals surface area contributed by atoms with Gasteiger partial charge in [0.15, 0.2) is 0 Å². The summed E-state index contributed by atoms with van der Waals surface area (Å²) >= 11 is 5.96. The van der Waals surface area contributed by atoms with Crippen molar-refractivity contribution in [1.29, 1.82) is 0 Å². The highest BCUT2D eigenvalue weighted by Crippen LogP contribution is 2.22. The molecule has 0 aliphatic rings. The molecule has 106 valence electrons. The zero-order valence-electron chi connectivity index (χ0n) is 11.1. The molecule has 4 heteroatoms. The Balaban J connectivity index is 2.03. The molecule has 20 heavy (non-hydrogen) atoms. The number of ether oxygens (including phenoxy) is 1. The van der Waals surface area contributed by atoms with Gasteiger partial charge in [-0.25, -0.2) is 4.39 Å². The second-order valence-electron chi connectivity index (χ2n) is 4.53. The van der Waals surface area contributed by atoms with E-state index in [-0.39, 0.29) is 12.4 Å². The van der Waals surface area contributed by atoms with Crippen molar-refractivity contribution < 1.29 is 9.13 Å². The molecule has 0 aliphatic heterocycles. The molecule has 0 bridgehead atoms. The maximum absolute atomic E-state index is 13.6. The van der Waals surface area contributed by atoms with Gasteiger partial charge in [0.1, 0.15) is 18.2 Å². The van der Waals surface area contributed by atoms with Gasteiger partial charge < -0.3 is 10.5 Å². The summed E-state index contributed by atoms with van der Waals surface area (Å²) in [6.45, 7) is 0.780. The minimum absolute atomic E-state index is 0.117. The average molecular weight is 294 g/mol. The van der Waals surface area contributed by atoms with Crippen molar-refractivity contribution in [3.8, 4) is 5.75 Å². The fourth-order valence-corrected chi connectivity index (χ4v) is 2.14. The van der Waals surface area contributed by atoms with Crippen LogP contribution >= 0.6 is 11.6 Å². The van der Waals surface area contributed by atoms with Crippen LogP contribution in [0, 0.1) is 5.82 Å². The first kappa shape index (κ1) is 14.8. The molecule has 2 N–H and O–H groups in total. The zero-order chi connectivity index (χ0) is 14.4. The molecule has 0 saturated heterocycles. The minimum Gasteiger partial charge on any atom is -0.489 e. The molecule has 2 aromatic carbocycles. The van der Waals surface area contributed by atoms with Crippen LogP contribution in [0.25, 0.3) is 0 Å². The molecular formula is C16H17ClFNO. The van der Waals surface area contributed by atoms with Gasteiger partial charge in [-0.05, 0) is 49.2 Å². The molecule has 0 spiro atoms. The molecule has 0 unspecified atom stereocenters. The highest BCUT2D eigenvalue weighted by Gasteiger charge is 2.07. The van der Waals surface area contributed by atoms with Crippen LogP contribution in [0.15, 0.2) is 42.5 Å². The molecule has 0 amide bonds. The number of halogens is 2. The van der Waals surface area contributed by atoms with E-state index in [4.69, 9.17) is 22.1 Å². The average Bonchev–Trinajstić information content (AvgIpc) is 2.45. The molecule has 2 nitrogen and oxygen atoms in total. The van der Waals surface area contributed by atoms with Crippen LogP contribution in [0.2, 0.25) is 5.02 Å². The molecule has 0 atom stereocenters. The largest absolute Gasteiger partial charge is 0.489 e. The Morgan fingerprint density at radius 1 is 1.15 bits per heavy atom. The molecular weight excluding hydrogens is 277 g/mol. The summed E-state index contributed by atoms with van der Waals surface area (Å²) in [7, 11) is 0. The summed E-state index contributed by atoms with van der Waals surface area (Å²) in [4.78, 5) is 0. The molecule has 0 saturated carbocycles. The summed E-state index contributed by atoms with van der Waals surface area (Å²) in [5.74, 6) is 0.357. The van der Waals surface area contributed by atoms with Gasteiger partial charge in [-0.2, -0.15) is 0 Å². The number of hydrogen-bond donors (Lipinski definition) is 1. The smallest absolute Gasteiger partial charge is 0.131 e. The second-order valence-corrected chi connectivity index (χ2v) is 4.94. The number of benzene rings is 2. The standard InChI is InChI=1S/C16H17ClFNO/c17-15-7-2-8-16(18)14(15)11-20-13-6-1-4-12(10-13)5-3-9-19/h1-2,4,6-8,10H,3,5,9,11,19H2. The lowest BCUT2D eigenvalue weighted by molar-refractivity contribution is 0.299. The van der Waals surface area contributed by atoms with E-state index in [9.17, 15) is 4.39 Å². The van der Waals surface area contributed by atoms with Crippen LogP contribution < -0.4 is 10.5 Å². The first-order valence-corrected chi connectivity index (χ1v) is 6.93. The Hall–Kier alpha value is -1.58. The first-order chi connectivity index (χ1) is 9.70. The van der Waals surface area contributed by atoms with E-state index in [1.165, 1.54) is 6.07 Å².